The highest BCUT2D eigenvalue weighted by atomic mass is 32.1. The zero-order chi connectivity index (χ0) is 19.2. The summed E-state index contributed by atoms with van der Waals surface area (Å²) < 4.78 is 18.5. The summed E-state index contributed by atoms with van der Waals surface area (Å²) in [7, 11) is 0. The number of nitrogens with zero attached hydrogens (tertiary/aromatic N) is 2. The Balaban J connectivity index is 0.000000180. The van der Waals surface area contributed by atoms with E-state index in [2.05, 4.69) is 16.2 Å². The Hall–Kier alpha value is -3.10. The summed E-state index contributed by atoms with van der Waals surface area (Å²) in [6.45, 7) is 0.0199. The van der Waals surface area contributed by atoms with Crippen LogP contribution in [0.3, 0.4) is 0 Å². The van der Waals surface area contributed by atoms with E-state index in [1.807, 2.05) is 23.6 Å². The summed E-state index contributed by atoms with van der Waals surface area (Å²) in [4.78, 5) is 14.7. The quantitative estimate of drug-likeness (QED) is 0.560. The first-order valence-electron chi connectivity index (χ1n) is 8.04. The zero-order valence-electron chi connectivity index (χ0n) is 14.1. The summed E-state index contributed by atoms with van der Waals surface area (Å²) in [6, 6.07) is 13.2. The first kappa shape index (κ1) is 18.7. The van der Waals surface area contributed by atoms with Gasteiger partial charge in [0, 0.05) is 26.6 Å². The van der Waals surface area contributed by atoms with Crippen LogP contribution < -0.4 is 5.73 Å². The molecule has 4 rings (SSSR count). The number of thiophene rings is 1. The molecule has 0 atom stereocenters. The molecule has 6 nitrogen and oxygen atoms in total. The number of carbonyl (C=O) groups excluding carboxylic acids is 1. The van der Waals surface area contributed by atoms with Gasteiger partial charge in [-0.3, -0.25) is 4.79 Å². The van der Waals surface area contributed by atoms with Crippen LogP contribution in [0.4, 0.5) is 4.39 Å². The van der Waals surface area contributed by atoms with Crippen LogP contribution in [-0.4, -0.2) is 27.8 Å². The van der Waals surface area contributed by atoms with Crippen LogP contribution in [0.1, 0.15) is 16.2 Å². The van der Waals surface area contributed by atoms with Crippen molar-refractivity contribution in [3.05, 3.63) is 71.2 Å². The monoisotopic (exact) mass is 385 g/mol. The molecule has 0 bridgehead atoms. The Labute approximate surface area is 158 Å². The van der Waals surface area contributed by atoms with Crippen LogP contribution in [-0.2, 0) is 6.42 Å². The number of nitrogens with two attached hydrogens (primary N) is 1. The predicted molar refractivity (Wildman–Crippen MR) is 101 cm³/mol. The lowest BCUT2D eigenvalue weighted by Gasteiger charge is -1.91. The van der Waals surface area contributed by atoms with Crippen LogP contribution in [0.5, 0.6) is 0 Å². The number of hydrogen-bond acceptors (Lipinski definition) is 6. The molecule has 0 aliphatic carbocycles. The number of hydrogen-bond donors (Lipinski definition) is 2. The summed E-state index contributed by atoms with van der Waals surface area (Å²) in [5.74, 6) is 0.147. The highest BCUT2D eigenvalue weighted by Crippen LogP contribution is 2.32. The standard InChI is InChI=1S/C12H10N2O2S.C7H6FNO/c15-6-5-11-13-12(14-16-11)9-7-17-10-4-2-1-3-8(9)10;8-6-3-1-5(2-4-6)7(9)10/h1-4,7,15H,5-6H2;1-4H,(H2,9,10). The summed E-state index contributed by atoms with van der Waals surface area (Å²) in [5, 5.41) is 15.9. The molecule has 4 aromatic rings. The van der Waals surface area contributed by atoms with Gasteiger partial charge in [-0.25, -0.2) is 4.39 Å². The molecule has 0 radical (unpaired) electrons. The molecular formula is C19H16FN3O3S. The topological polar surface area (TPSA) is 102 Å². The minimum absolute atomic E-state index is 0.0199. The molecule has 0 saturated carbocycles. The number of fused-ring (bicyclic) bond motifs is 1. The van der Waals surface area contributed by atoms with E-state index < -0.39 is 5.91 Å². The minimum atomic E-state index is -0.542. The number of carbonyl (C=O) groups is 1. The van der Waals surface area contributed by atoms with Crippen molar-refractivity contribution in [2.45, 2.75) is 6.42 Å². The van der Waals surface area contributed by atoms with Crippen molar-refractivity contribution >= 4 is 27.3 Å². The maximum Gasteiger partial charge on any atom is 0.248 e. The fourth-order valence-electron chi connectivity index (χ4n) is 2.33. The van der Waals surface area contributed by atoms with E-state index in [0.717, 1.165) is 10.9 Å². The molecule has 0 fully saturated rings. The molecule has 0 unspecified atom stereocenters. The molecule has 8 heteroatoms. The van der Waals surface area contributed by atoms with Gasteiger partial charge in [-0.2, -0.15) is 4.98 Å². The van der Waals surface area contributed by atoms with E-state index in [-0.39, 0.29) is 12.4 Å². The van der Waals surface area contributed by atoms with Gasteiger partial charge in [0.25, 0.3) is 0 Å². The second-order valence-corrected chi connectivity index (χ2v) is 6.41. The van der Waals surface area contributed by atoms with Gasteiger partial charge in [-0.15, -0.1) is 11.3 Å². The third kappa shape index (κ3) is 4.55. The number of amides is 1. The lowest BCUT2D eigenvalue weighted by molar-refractivity contribution is 0.1000. The Morgan fingerprint density at radius 2 is 1.93 bits per heavy atom. The minimum Gasteiger partial charge on any atom is -0.396 e. The third-order valence-electron chi connectivity index (χ3n) is 3.64. The van der Waals surface area contributed by atoms with Gasteiger partial charge in [-0.05, 0) is 30.3 Å². The average Bonchev–Trinajstić information content (AvgIpc) is 3.29. The van der Waals surface area contributed by atoms with Gasteiger partial charge in [0.05, 0.1) is 13.0 Å². The van der Waals surface area contributed by atoms with Crippen molar-refractivity contribution in [1.29, 1.82) is 0 Å². The fraction of sp³-hybridized carbons (Fsp3) is 0.105. The number of aliphatic hydroxyl groups excluding tert-OH is 1. The summed E-state index contributed by atoms with van der Waals surface area (Å²) in [6.07, 6.45) is 0.398. The van der Waals surface area contributed by atoms with E-state index >= 15 is 0 Å². The first-order valence-corrected chi connectivity index (χ1v) is 8.92. The molecule has 0 aliphatic rings. The van der Waals surface area contributed by atoms with Crippen molar-refractivity contribution < 1.29 is 18.8 Å². The SMILES string of the molecule is NC(=O)c1ccc(F)cc1.OCCc1nc(-c2csc3ccccc23)no1. The highest BCUT2D eigenvalue weighted by molar-refractivity contribution is 7.17. The molecule has 2 aromatic heterocycles. The molecule has 2 aromatic carbocycles. The molecular weight excluding hydrogens is 369 g/mol. The summed E-state index contributed by atoms with van der Waals surface area (Å²) >= 11 is 1.66. The molecule has 0 spiro atoms. The van der Waals surface area contributed by atoms with Gasteiger partial charge in [0.2, 0.25) is 17.6 Å². The third-order valence-corrected chi connectivity index (χ3v) is 4.61. The van der Waals surface area contributed by atoms with Crippen molar-refractivity contribution in [2.24, 2.45) is 5.73 Å². The summed E-state index contributed by atoms with van der Waals surface area (Å²) in [5.41, 5.74) is 6.21. The highest BCUT2D eigenvalue weighted by Gasteiger charge is 2.12. The Bertz CT molecular complexity index is 1040. The smallest absolute Gasteiger partial charge is 0.248 e. The number of rotatable bonds is 4. The van der Waals surface area contributed by atoms with Crippen LogP contribution in [0.15, 0.2) is 58.4 Å². The van der Waals surface area contributed by atoms with Crippen molar-refractivity contribution in [2.75, 3.05) is 6.61 Å². The van der Waals surface area contributed by atoms with Gasteiger partial charge < -0.3 is 15.4 Å². The number of aromatic nitrogens is 2. The molecule has 2 heterocycles. The van der Waals surface area contributed by atoms with Gasteiger partial charge in [0.15, 0.2) is 0 Å². The first-order chi connectivity index (χ1) is 13.1. The van der Waals surface area contributed by atoms with Gasteiger partial charge in [0.1, 0.15) is 5.82 Å². The molecule has 138 valence electrons. The molecule has 27 heavy (non-hydrogen) atoms. The van der Waals surface area contributed by atoms with Crippen LogP contribution in [0, 0.1) is 5.82 Å². The maximum atomic E-state index is 12.2. The van der Waals surface area contributed by atoms with Crippen molar-refractivity contribution in [3.8, 4) is 11.4 Å². The average molecular weight is 385 g/mol. The number of halogens is 1. The lowest BCUT2D eigenvalue weighted by Crippen LogP contribution is -2.10. The van der Waals surface area contributed by atoms with E-state index in [9.17, 15) is 9.18 Å². The normalized spacial score (nSPS) is 10.4. The van der Waals surface area contributed by atoms with E-state index in [0.29, 0.717) is 23.7 Å². The Kier molecular flexibility index (Phi) is 5.90. The molecule has 1 amide bonds. The number of primary amides is 1. The van der Waals surface area contributed by atoms with Crippen molar-refractivity contribution in [3.63, 3.8) is 0 Å². The van der Waals surface area contributed by atoms with Gasteiger partial charge in [-0.1, -0.05) is 23.4 Å². The molecule has 0 aliphatic heterocycles. The second-order valence-electron chi connectivity index (χ2n) is 5.50. The Morgan fingerprint density at radius 1 is 1.19 bits per heavy atom. The van der Waals surface area contributed by atoms with Crippen LogP contribution >= 0.6 is 11.3 Å². The van der Waals surface area contributed by atoms with E-state index in [4.69, 9.17) is 15.4 Å². The van der Waals surface area contributed by atoms with E-state index in [1.165, 1.54) is 29.0 Å². The number of aliphatic hydroxyl groups is 1. The Morgan fingerprint density at radius 3 is 2.63 bits per heavy atom. The second kappa shape index (κ2) is 8.52. The van der Waals surface area contributed by atoms with Crippen LogP contribution in [0.2, 0.25) is 0 Å². The fourth-order valence-corrected chi connectivity index (χ4v) is 3.27. The number of benzene rings is 2. The predicted octanol–water partition coefficient (Wildman–Crippen LogP) is 3.41. The van der Waals surface area contributed by atoms with E-state index in [1.54, 1.807) is 11.3 Å². The largest absolute Gasteiger partial charge is 0.396 e. The van der Waals surface area contributed by atoms with Gasteiger partial charge >= 0.3 is 0 Å². The molecule has 0 saturated heterocycles. The lowest BCUT2D eigenvalue weighted by atomic mass is 10.2. The molecule has 3 N–H and O–H groups in total. The van der Waals surface area contributed by atoms with Crippen molar-refractivity contribution in [1.82, 2.24) is 10.1 Å². The zero-order valence-corrected chi connectivity index (χ0v) is 14.9. The van der Waals surface area contributed by atoms with Crippen LogP contribution in [0.25, 0.3) is 21.5 Å². The maximum absolute atomic E-state index is 12.2.